The quantitative estimate of drug-likeness (QED) is 0.172. The molecule has 0 radical (unpaired) electrons. The van der Waals surface area contributed by atoms with Crippen LogP contribution in [0.2, 0.25) is 0 Å². The number of ether oxygens (including phenoxy) is 2. The number of hydrogen-bond donors (Lipinski definition) is 0. The van der Waals surface area contributed by atoms with E-state index in [1.807, 2.05) is 42.4 Å². The maximum Gasteiger partial charge on any atom is 0.246 e. The summed E-state index contributed by atoms with van der Waals surface area (Å²) in [5.41, 5.74) is 3.68. The fraction of sp³-hybridized carbons (Fsp3) is 0.267. The van der Waals surface area contributed by atoms with Crippen LogP contribution in [0.3, 0.4) is 0 Å². The van der Waals surface area contributed by atoms with Crippen LogP contribution in [-0.4, -0.2) is 62.2 Å². The first-order chi connectivity index (χ1) is 20.3. The van der Waals surface area contributed by atoms with E-state index in [0.29, 0.717) is 35.7 Å². The number of fused-ring (bicyclic) bond motifs is 2. The van der Waals surface area contributed by atoms with Crippen LogP contribution >= 0.6 is 11.3 Å². The van der Waals surface area contributed by atoms with Gasteiger partial charge in [-0.2, -0.15) is 10.2 Å². The zero-order chi connectivity index (χ0) is 29.5. The van der Waals surface area contributed by atoms with E-state index < -0.39 is 11.6 Å². The van der Waals surface area contributed by atoms with Gasteiger partial charge in [-0.3, -0.25) is 14.2 Å². The number of methoxy groups -OCH3 is 1. The van der Waals surface area contributed by atoms with E-state index >= 15 is 4.39 Å². The fourth-order valence-electron chi connectivity index (χ4n) is 5.38. The van der Waals surface area contributed by atoms with Gasteiger partial charge in [-0.1, -0.05) is 6.58 Å². The molecule has 6 rings (SSSR count). The topological polar surface area (TPSA) is 87.3 Å². The zero-order valence-corrected chi connectivity index (χ0v) is 24.1. The number of amides is 1. The molecule has 216 valence electrons. The van der Waals surface area contributed by atoms with Gasteiger partial charge in [0.1, 0.15) is 35.4 Å². The van der Waals surface area contributed by atoms with Crippen molar-refractivity contribution in [3.8, 4) is 39.5 Å². The molecule has 0 bridgehead atoms. The van der Waals surface area contributed by atoms with Gasteiger partial charge >= 0.3 is 0 Å². The molecule has 4 aromatic heterocycles. The lowest BCUT2D eigenvalue weighted by atomic mass is 9.97. The highest BCUT2D eigenvalue weighted by atomic mass is 32.1. The van der Waals surface area contributed by atoms with Gasteiger partial charge in [0.15, 0.2) is 0 Å². The molecule has 1 atom stereocenters. The molecule has 1 aliphatic rings. The van der Waals surface area contributed by atoms with E-state index in [2.05, 4.69) is 11.7 Å². The lowest BCUT2D eigenvalue weighted by Gasteiger charge is -2.33. The number of thiophene rings is 1. The second-order valence-electron chi connectivity index (χ2n) is 9.94. The molecular formula is C30H28F2N6O3S. The second kappa shape index (κ2) is 11.1. The molecule has 5 aromatic rings. The average Bonchev–Trinajstić information content (AvgIpc) is 3.72. The Morgan fingerprint density at radius 3 is 2.76 bits per heavy atom. The number of pyridine rings is 1. The molecular weight excluding hydrogens is 562 g/mol. The van der Waals surface area contributed by atoms with Crippen LogP contribution in [0.25, 0.3) is 43.9 Å². The van der Waals surface area contributed by atoms with E-state index in [-0.39, 0.29) is 36.5 Å². The van der Waals surface area contributed by atoms with Crippen molar-refractivity contribution in [3.05, 3.63) is 72.0 Å². The van der Waals surface area contributed by atoms with E-state index in [0.717, 1.165) is 27.4 Å². The summed E-state index contributed by atoms with van der Waals surface area (Å²) in [5.74, 6) is -1.67. The molecule has 1 unspecified atom stereocenters. The molecule has 42 heavy (non-hydrogen) atoms. The van der Waals surface area contributed by atoms with Crippen molar-refractivity contribution in [1.82, 2.24) is 29.4 Å². The number of nitrogens with zero attached hydrogens (tertiary/aromatic N) is 6. The second-order valence-corrected chi connectivity index (χ2v) is 10.9. The van der Waals surface area contributed by atoms with Crippen LogP contribution in [-0.2, 0) is 23.1 Å². The van der Waals surface area contributed by atoms with Gasteiger partial charge in [-0.05, 0) is 30.5 Å². The maximum absolute atomic E-state index is 15.9. The number of hydrogen-bond acceptors (Lipinski definition) is 7. The third kappa shape index (κ3) is 4.76. The molecule has 1 amide bonds. The van der Waals surface area contributed by atoms with E-state index in [1.54, 1.807) is 15.8 Å². The summed E-state index contributed by atoms with van der Waals surface area (Å²) in [7, 11) is 3.35. The molecule has 12 heteroatoms. The fourth-order valence-corrected chi connectivity index (χ4v) is 6.33. The number of halogens is 2. The van der Waals surface area contributed by atoms with Crippen LogP contribution in [0, 0.1) is 11.6 Å². The summed E-state index contributed by atoms with van der Waals surface area (Å²) in [5, 5.41) is 11.9. The largest absolute Gasteiger partial charge is 0.490 e. The Labute approximate surface area is 244 Å². The molecule has 0 saturated carbocycles. The minimum Gasteiger partial charge on any atom is -0.490 e. The minimum absolute atomic E-state index is 0.0384. The molecule has 1 aliphatic heterocycles. The molecule has 0 spiro atoms. The average molecular weight is 591 g/mol. The number of benzene rings is 1. The zero-order valence-electron chi connectivity index (χ0n) is 23.3. The van der Waals surface area contributed by atoms with Crippen molar-refractivity contribution in [3.63, 3.8) is 0 Å². The summed E-state index contributed by atoms with van der Waals surface area (Å²) in [6, 6.07) is 5.54. The van der Waals surface area contributed by atoms with Crippen LogP contribution in [0.15, 0.2) is 54.7 Å². The van der Waals surface area contributed by atoms with Gasteiger partial charge in [-0.15, -0.1) is 11.3 Å². The highest BCUT2D eigenvalue weighted by Crippen LogP contribution is 2.47. The lowest BCUT2D eigenvalue weighted by molar-refractivity contribution is -0.129. The van der Waals surface area contributed by atoms with Crippen LogP contribution < -0.4 is 4.74 Å². The van der Waals surface area contributed by atoms with Crippen molar-refractivity contribution >= 4 is 27.3 Å². The van der Waals surface area contributed by atoms with Gasteiger partial charge in [0.25, 0.3) is 0 Å². The summed E-state index contributed by atoms with van der Waals surface area (Å²) in [6.07, 6.45) is 4.88. The molecule has 0 N–H and O–H groups in total. The molecule has 1 aromatic carbocycles. The Morgan fingerprint density at radius 2 is 2.02 bits per heavy atom. The van der Waals surface area contributed by atoms with Gasteiger partial charge in [0.2, 0.25) is 5.91 Å². The Bertz CT molecular complexity index is 1830. The number of aromatic nitrogens is 5. The minimum atomic E-state index is -0.783. The summed E-state index contributed by atoms with van der Waals surface area (Å²) < 4.78 is 45.6. The van der Waals surface area contributed by atoms with Crippen LogP contribution in [0.1, 0.15) is 18.7 Å². The molecule has 5 heterocycles. The predicted molar refractivity (Wildman–Crippen MR) is 156 cm³/mol. The van der Waals surface area contributed by atoms with Crippen molar-refractivity contribution in [2.24, 2.45) is 7.05 Å². The van der Waals surface area contributed by atoms with Gasteiger partial charge in [0.05, 0.1) is 42.3 Å². The normalized spacial score (nSPS) is 14.8. The summed E-state index contributed by atoms with van der Waals surface area (Å²) >= 11 is 1.42. The van der Waals surface area contributed by atoms with Crippen molar-refractivity contribution < 1.29 is 23.0 Å². The van der Waals surface area contributed by atoms with E-state index in [1.165, 1.54) is 30.6 Å². The highest BCUT2D eigenvalue weighted by Gasteiger charge is 2.31. The van der Waals surface area contributed by atoms with Gasteiger partial charge in [-0.25, -0.2) is 13.8 Å². The lowest BCUT2D eigenvalue weighted by Crippen LogP contribution is -2.40. The number of rotatable bonds is 8. The molecule has 9 nitrogen and oxygen atoms in total. The highest BCUT2D eigenvalue weighted by molar-refractivity contribution is 7.18. The number of carbonyl (C=O) groups excluding carboxylic acids is 1. The maximum atomic E-state index is 15.9. The third-order valence-electron chi connectivity index (χ3n) is 7.36. The standard InChI is InChI=1S/C30H28F2N6O3S/c1-5-25(39)37-7-8-38-23(17(37)2)14-22(35-38)29-27(26-21(32)12-19(31)13-24(26)41-10-9-40-4)30-20(6-11-42-30)28(34-29)18-15-33-36(3)16-18/h5-6,11-17H,1,7-10H2,2-4H3. The first kappa shape index (κ1) is 27.7. The Balaban J connectivity index is 1.63. The summed E-state index contributed by atoms with van der Waals surface area (Å²) in [4.78, 5) is 19.3. The first-order valence-corrected chi connectivity index (χ1v) is 14.2. The molecule has 0 saturated heterocycles. The Morgan fingerprint density at radius 1 is 1.19 bits per heavy atom. The van der Waals surface area contributed by atoms with Gasteiger partial charge in [0, 0.05) is 60.2 Å². The monoisotopic (exact) mass is 590 g/mol. The number of carbonyl (C=O) groups is 1. The first-order valence-electron chi connectivity index (χ1n) is 13.3. The van der Waals surface area contributed by atoms with E-state index in [9.17, 15) is 9.18 Å². The van der Waals surface area contributed by atoms with E-state index in [4.69, 9.17) is 19.6 Å². The van der Waals surface area contributed by atoms with Crippen LogP contribution in [0.5, 0.6) is 5.75 Å². The van der Waals surface area contributed by atoms with Crippen LogP contribution in [0.4, 0.5) is 8.78 Å². The smallest absolute Gasteiger partial charge is 0.246 e. The van der Waals surface area contributed by atoms with Crippen molar-refractivity contribution in [2.75, 3.05) is 26.9 Å². The third-order valence-corrected chi connectivity index (χ3v) is 8.29. The number of aryl methyl sites for hydroxylation is 1. The van der Waals surface area contributed by atoms with Crippen molar-refractivity contribution in [2.45, 2.75) is 19.5 Å². The Hall–Kier alpha value is -4.42. The van der Waals surface area contributed by atoms with Gasteiger partial charge < -0.3 is 14.4 Å². The molecule has 0 aliphatic carbocycles. The predicted octanol–water partition coefficient (Wildman–Crippen LogP) is 5.62. The summed E-state index contributed by atoms with van der Waals surface area (Å²) in [6.45, 7) is 6.83. The SMILES string of the molecule is C=CC(=O)N1CCn2nc(-c3nc(-c4cnn(C)c4)c4ccsc4c3-c3c(F)cc(F)cc3OCCOC)cc2C1C. The molecule has 0 fully saturated rings. The van der Waals surface area contributed by atoms with Crippen molar-refractivity contribution in [1.29, 1.82) is 0 Å². The Kier molecular flexibility index (Phi) is 7.33.